The Morgan fingerprint density at radius 3 is 3.06 bits per heavy atom. The Bertz CT molecular complexity index is 495. The third-order valence-corrected chi connectivity index (χ3v) is 4.38. The van der Waals surface area contributed by atoms with Gasteiger partial charge in [-0.2, -0.15) is 4.98 Å². The number of hydrogen-bond acceptors (Lipinski definition) is 5. The van der Waals surface area contributed by atoms with E-state index in [-0.39, 0.29) is 12.0 Å². The molecule has 0 aliphatic heterocycles. The molecule has 96 valence electrons. The van der Waals surface area contributed by atoms with Crippen LogP contribution in [-0.2, 0) is 6.42 Å². The average molecular weight is 264 g/mol. The maximum atomic E-state index is 9.93. The van der Waals surface area contributed by atoms with E-state index in [9.17, 15) is 5.11 Å². The van der Waals surface area contributed by atoms with Crippen molar-refractivity contribution in [1.82, 2.24) is 10.1 Å². The molecule has 3 rings (SSSR count). The molecule has 0 spiro atoms. The van der Waals surface area contributed by atoms with Crippen molar-refractivity contribution in [2.45, 2.75) is 38.2 Å². The van der Waals surface area contributed by atoms with Crippen LogP contribution in [0.1, 0.15) is 31.6 Å². The molecule has 5 heteroatoms. The SMILES string of the molecule is OC1CCCCC1Cc1nc(-c2cccs2)no1. The minimum atomic E-state index is -0.212. The van der Waals surface area contributed by atoms with E-state index in [4.69, 9.17) is 4.52 Å². The van der Waals surface area contributed by atoms with Crippen LogP contribution in [0.5, 0.6) is 0 Å². The molecule has 0 radical (unpaired) electrons. The van der Waals surface area contributed by atoms with Gasteiger partial charge in [-0.1, -0.05) is 24.1 Å². The zero-order valence-corrected chi connectivity index (χ0v) is 10.9. The summed E-state index contributed by atoms with van der Waals surface area (Å²) < 4.78 is 5.27. The fraction of sp³-hybridized carbons (Fsp3) is 0.538. The van der Waals surface area contributed by atoms with E-state index in [0.717, 1.165) is 24.1 Å². The van der Waals surface area contributed by atoms with E-state index in [2.05, 4.69) is 10.1 Å². The van der Waals surface area contributed by atoms with Crippen LogP contribution in [0.15, 0.2) is 22.0 Å². The summed E-state index contributed by atoms with van der Waals surface area (Å²) >= 11 is 1.60. The van der Waals surface area contributed by atoms with Crippen molar-refractivity contribution in [3.8, 4) is 10.7 Å². The summed E-state index contributed by atoms with van der Waals surface area (Å²) in [5.41, 5.74) is 0. The van der Waals surface area contributed by atoms with E-state index in [1.807, 2.05) is 17.5 Å². The van der Waals surface area contributed by atoms with Gasteiger partial charge in [-0.3, -0.25) is 0 Å². The third kappa shape index (κ3) is 2.47. The lowest BCUT2D eigenvalue weighted by Crippen LogP contribution is -2.26. The van der Waals surface area contributed by atoms with Crippen LogP contribution in [0, 0.1) is 5.92 Å². The molecule has 0 bridgehead atoms. The van der Waals surface area contributed by atoms with Crippen molar-refractivity contribution >= 4 is 11.3 Å². The maximum Gasteiger partial charge on any atom is 0.227 e. The van der Waals surface area contributed by atoms with Gasteiger partial charge in [0.2, 0.25) is 11.7 Å². The van der Waals surface area contributed by atoms with Crippen LogP contribution in [0.25, 0.3) is 10.7 Å². The molecule has 2 atom stereocenters. The van der Waals surface area contributed by atoms with Gasteiger partial charge in [-0.15, -0.1) is 11.3 Å². The van der Waals surface area contributed by atoms with Gasteiger partial charge in [-0.05, 0) is 30.2 Å². The first-order chi connectivity index (χ1) is 8.83. The fourth-order valence-electron chi connectivity index (χ4n) is 2.49. The lowest BCUT2D eigenvalue weighted by Gasteiger charge is -2.26. The Balaban J connectivity index is 1.70. The average Bonchev–Trinajstić information content (AvgIpc) is 3.02. The molecule has 1 saturated carbocycles. The molecule has 2 aromatic rings. The molecule has 2 unspecified atom stereocenters. The van der Waals surface area contributed by atoms with Crippen molar-refractivity contribution in [2.75, 3.05) is 0 Å². The summed E-state index contributed by atoms with van der Waals surface area (Å²) in [5, 5.41) is 15.9. The van der Waals surface area contributed by atoms with E-state index in [0.29, 0.717) is 18.1 Å². The van der Waals surface area contributed by atoms with Gasteiger partial charge in [0.15, 0.2) is 0 Å². The molecule has 0 saturated heterocycles. The molecule has 1 fully saturated rings. The Morgan fingerprint density at radius 2 is 2.28 bits per heavy atom. The van der Waals surface area contributed by atoms with Gasteiger partial charge < -0.3 is 9.63 Å². The second kappa shape index (κ2) is 5.20. The van der Waals surface area contributed by atoms with Crippen LogP contribution >= 0.6 is 11.3 Å². The number of aromatic nitrogens is 2. The summed E-state index contributed by atoms with van der Waals surface area (Å²) in [6.45, 7) is 0. The fourth-order valence-corrected chi connectivity index (χ4v) is 3.14. The van der Waals surface area contributed by atoms with Crippen molar-refractivity contribution in [2.24, 2.45) is 5.92 Å². The van der Waals surface area contributed by atoms with Crippen LogP contribution in [-0.4, -0.2) is 21.4 Å². The maximum absolute atomic E-state index is 9.93. The Hall–Kier alpha value is -1.20. The van der Waals surface area contributed by atoms with Crippen LogP contribution < -0.4 is 0 Å². The second-order valence-electron chi connectivity index (χ2n) is 4.81. The number of aliphatic hydroxyl groups excluding tert-OH is 1. The highest BCUT2D eigenvalue weighted by atomic mass is 32.1. The summed E-state index contributed by atoms with van der Waals surface area (Å²) in [4.78, 5) is 5.43. The number of nitrogens with zero attached hydrogens (tertiary/aromatic N) is 2. The minimum absolute atomic E-state index is 0.212. The van der Waals surface area contributed by atoms with Gasteiger partial charge in [0.05, 0.1) is 11.0 Å². The van der Waals surface area contributed by atoms with Crippen molar-refractivity contribution in [3.05, 3.63) is 23.4 Å². The van der Waals surface area contributed by atoms with Gasteiger partial charge in [0.1, 0.15) is 0 Å². The molecule has 18 heavy (non-hydrogen) atoms. The molecular formula is C13H16N2O2S. The van der Waals surface area contributed by atoms with Crippen LogP contribution in [0.3, 0.4) is 0 Å². The van der Waals surface area contributed by atoms with Crippen molar-refractivity contribution in [3.63, 3.8) is 0 Å². The predicted octanol–water partition coefficient (Wildman–Crippen LogP) is 2.89. The predicted molar refractivity (Wildman–Crippen MR) is 69.3 cm³/mol. The quantitative estimate of drug-likeness (QED) is 0.926. The second-order valence-corrected chi connectivity index (χ2v) is 5.75. The number of thiophene rings is 1. The monoisotopic (exact) mass is 264 g/mol. The number of hydrogen-bond donors (Lipinski definition) is 1. The first-order valence-corrected chi connectivity index (χ1v) is 7.25. The van der Waals surface area contributed by atoms with E-state index in [1.165, 1.54) is 6.42 Å². The van der Waals surface area contributed by atoms with Crippen LogP contribution in [0.4, 0.5) is 0 Å². The van der Waals surface area contributed by atoms with Gasteiger partial charge in [0.25, 0.3) is 0 Å². The molecule has 2 heterocycles. The summed E-state index contributed by atoms with van der Waals surface area (Å²) in [5.74, 6) is 1.57. The van der Waals surface area contributed by atoms with Crippen LogP contribution in [0.2, 0.25) is 0 Å². The number of rotatable bonds is 3. The van der Waals surface area contributed by atoms with Crippen molar-refractivity contribution in [1.29, 1.82) is 0 Å². The Morgan fingerprint density at radius 1 is 1.39 bits per heavy atom. The minimum Gasteiger partial charge on any atom is -0.393 e. The molecule has 1 aliphatic rings. The summed E-state index contributed by atoms with van der Waals surface area (Å²) in [6, 6.07) is 3.95. The van der Waals surface area contributed by atoms with E-state index < -0.39 is 0 Å². The Labute approximate surface area is 110 Å². The zero-order valence-electron chi connectivity index (χ0n) is 10.1. The molecule has 2 aromatic heterocycles. The van der Waals surface area contributed by atoms with Gasteiger partial charge >= 0.3 is 0 Å². The topological polar surface area (TPSA) is 59.2 Å². The van der Waals surface area contributed by atoms with Gasteiger partial charge in [0, 0.05) is 6.42 Å². The smallest absolute Gasteiger partial charge is 0.227 e. The standard InChI is InChI=1S/C13H16N2O2S/c16-10-5-2-1-4-9(10)8-12-14-13(15-17-12)11-6-3-7-18-11/h3,6-7,9-10,16H,1-2,4-5,8H2. The third-order valence-electron chi connectivity index (χ3n) is 3.52. The largest absolute Gasteiger partial charge is 0.393 e. The molecular weight excluding hydrogens is 248 g/mol. The zero-order chi connectivity index (χ0) is 12.4. The first-order valence-electron chi connectivity index (χ1n) is 6.37. The lowest BCUT2D eigenvalue weighted by atomic mass is 9.84. The highest BCUT2D eigenvalue weighted by molar-refractivity contribution is 7.13. The molecule has 1 N–H and O–H groups in total. The summed E-state index contributed by atoms with van der Waals surface area (Å²) in [7, 11) is 0. The highest BCUT2D eigenvalue weighted by Crippen LogP contribution is 2.28. The van der Waals surface area contributed by atoms with Gasteiger partial charge in [-0.25, -0.2) is 0 Å². The number of aliphatic hydroxyl groups is 1. The Kier molecular flexibility index (Phi) is 3.43. The first kappa shape index (κ1) is 11.9. The van der Waals surface area contributed by atoms with E-state index in [1.54, 1.807) is 11.3 Å². The van der Waals surface area contributed by atoms with Crippen molar-refractivity contribution < 1.29 is 9.63 Å². The van der Waals surface area contributed by atoms with E-state index >= 15 is 0 Å². The normalized spacial score (nSPS) is 24.3. The molecule has 4 nitrogen and oxygen atoms in total. The molecule has 0 aromatic carbocycles. The summed E-state index contributed by atoms with van der Waals surface area (Å²) in [6.07, 6.45) is 4.75. The highest BCUT2D eigenvalue weighted by Gasteiger charge is 2.25. The lowest BCUT2D eigenvalue weighted by molar-refractivity contribution is 0.0657. The molecule has 1 aliphatic carbocycles. The molecule has 0 amide bonds.